The highest BCUT2D eigenvalue weighted by molar-refractivity contribution is 7.63. The SMILES string of the molecule is FC(F)(F)C1CC1.[N-]=S(=O)=O. The van der Waals surface area contributed by atoms with Crippen LogP contribution in [0, 0.1) is 5.92 Å². The van der Waals surface area contributed by atoms with E-state index < -0.39 is 22.6 Å². The molecular weight excluding hydrogens is 183 g/mol. The molecule has 0 N–H and O–H groups in total. The summed E-state index contributed by atoms with van der Waals surface area (Å²) in [7, 11) is -2.86. The van der Waals surface area contributed by atoms with Crippen LogP contribution in [0.4, 0.5) is 13.2 Å². The van der Waals surface area contributed by atoms with Crippen LogP contribution in [0.15, 0.2) is 0 Å². The molecule has 0 bridgehead atoms. The Labute approximate surface area is 62.7 Å². The van der Waals surface area contributed by atoms with Crippen LogP contribution in [-0.4, -0.2) is 14.6 Å². The minimum atomic E-state index is -3.89. The smallest absolute Gasteiger partial charge is 0.391 e. The van der Waals surface area contributed by atoms with Crippen molar-refractivity contribution in [1.29, 1.82) is 0 Å². The van der Waals surface area contributed by atoms with Gasteiger partial charge in [0.2, 0.25) is 0 Å². The molecule has 1 saturated carbocycles. The van der Waals surface area contributed by atoms with E-state index in [0.29, 0.717) is 12.8 Å². The molecule has 3 nitrogen and oxygen atoms in total. The second-order valence-corrected chi connectivity index (χ2v) is 2.47. The normalized spacial score (nSPS) is 16.6. The van der Waals surface area contributed by atoms with Gasteiger partial charge in [-0.1, -0.05) is 0 Å². The Kier molecular flexibility index (Phi) is 3.50. The summed E-state index contributed by atoms with van der Waals surface area (Å²) in [6, 6.07) is 0. The van der Waals surface area contributed by atoms with Gasteiger partial charge in [-0.2, -0.15) is 13.2 Å². The molecule has 1 aliphatic carbocycles. The van der Waals surface area contributed by atoms with E-state index in [0.717, 1.165) is 0 Å². The summed E-state index contributed by atoms with van der Waals surface area (Å²) in [5, 5.41) is 0. The van der Waals surface area contributed by atoms with Crippen LogP contribution in [0.2, 0.25) is 0 Å². The average Bonchev–Trinajstić information content (AvgIpc) is 2.33. The first kappa shape index (κ1) is 10.4. The Balaban J connectivity index is 0.000000218. The standard InChI is InChI=1S/C4H5F3.NO2S/c5-4(6,7)3-1-2-3;1-4(2)3/h3H,1-2H2;/q;-1. The van der Waals surface area contributed by atoms with Gasteiger partial charge in [-0.3, -0.25) is 0 Å². The molecule has 0 heterocycles. The van der Waals surface area contributed by atoms with Crippen molar-refractivity contribution in [2.24, 2.45) is 5.92 Å². The van der Waals surface area contributed by atoms with Gasteiger partial charge in [-0.25, -0.2) is 8.42 Å². The lowest BCUT2D eigenvalue weighted by Crippen LogP contribution is -2.08. The number of rotatable bonds is 0. The molecule has 0 aromatic rings. The molecule has 0 amide bonds. The third kappa shape index (κ3) is 7.31. The number of hydrogen-bond donors (Lipinski definition) is 0. The van der Waals surface area contributed by atoms with Crippen LogP contribution in [0.5, 0.6) is 0 Å². The van der Waals surface area contributed by atoms with Crippen molar-refractivity contribution >= 4 is 10.5 Å². The number of hydrogen-bond acceptors (Lipinski definition) is 2. The molecule has 0 saturated heterocycles. The summed E-state index contributed by atoms with van der Waals surface area (Å²) < 4.78 is 57.8. The summed E-state index contributed by atoms with van der Waals surface area (Å²) in [5.41, 5.74) is 0. The maximum Gasteiger partial charge on any atom is 0.391 e. The van der Waals surface area contributed by atoms with Gasteiger partial charge in [0.1, 0.15) is 10.5 Å². The van der Waals surface area contributed by atoms with Crippen LogP contribution in [0.3, 0.4) is 0 Å². The van der Waals surface area contributed by atoms with Gasteiger partial charge in [0.05, 0.1) is 5.92 Å². The highest BCUT2D eigenvalue weighted by Gasteiger charge is 2.46. The van der Waals surface area contributed by atoms with E-state index in [1.807, 2.05) is 0 Å². The minimum absolute atomic E-state index is 0.351. The van der Waals surface area contributed by atoms with Crippen molar-refractivity contribution in [3.05, 3.63) is 4.78 Å². The summed E-state index contributed by atoms with van der Waals surface area (Å²) in [5.74, 6) is -0.951. The van der Waals surface area contributed by atoms with Crippen molar-refractivity contribution in [2.45, 2.75) is 19.0 Å². The van der Waals surface area contributed by atoms with Crippen LogP contribution >= 0.6 is 0 Å². The van der Waals surface area contributed by atoms with Crippen molar-refractivity contribution in [3.63, 3.8) is 0 Å². The number of nitrogens with zero attached hydrogens (tertiary/aromatic N) is 1. The van der Waals surface area contributed by atoms with Gasteiger partial charge in [0.15, 0.2) is 0 Å². The molecule has 66 valence electrons. The van der Waals surface area contributed by atoms with Gasteiger partial charge < -0.3 is 4.78 Å². The van der Waals surface area contributed by atoms with Crippen LogP contribution in [-0.2, 0) is 10.5 Å². The van der Waals surface area contributed by atoms with E-state index in [9.17, 15) is 13.2 Å². The second-order valence-electron chi connectivity index (χ2n) is 2.03. The molecule has 0 radical (unpaired) electrons. The van der Waals surface area contributed by atoms with Crippen molar-refractivity contribution < 1.29 is 21.6 Å². The molecule has 0 unspecified atom stereocenters. The average molecular weight is 188 g/mol. The number of alkyl halides is 3. The highest BCUT2D eigenvalue weighted by Crippen LogP contribution is 2.43. The Morgan fingerprint density at radius 2 is 1.55 bits per heavy atom. The van der Waals surface area contributed by atoms with E-state index in [1.165, 1.54) is 0 Å². The minimum Gasteiger partial charge on any atom is -0.686 e. The fourth-order valence-corrected chi connectivity index (χ4v) is 0.411. The van der Waals surface area contributed by atoms with Crippen molar-refractivity contribution in [2.75, 3.05) is 0 Å². The molecule has 0 aromatic carbocycles. The van der Waals surface area contributed by atoms with E-state index >= 15 is 0 Å². The number of halogens is 3. The molecule has 0 aliphatic heterocycles. The molecule has 7 heteroatoms. The molecule has 0 aromatic heterocycles. The molecule has 0 atom stereocenters. The Bertz CT molecular complexity index is 206. The first-order valence-electron chi connectivity index (χ1n) is 2.69. The van der Waals surface area contributed by atoms with Crippen LogP contribution < -0.4 is 0 Å². The molecule has 11 heavy (non-hydrogen) atoms. The summed E-state index contributed by atoms with van der Waals surface area (Å²) in [4.78, 5) is 0. The first-order valence-corrected chi connectivity index (χ1v) is 3.72. The lowest BCUT2D eigenvalue weighted by molar-refractivity contribution is -0.147. The van der Waals surface area contributed by atoms with Gasteiger partial charge in [0, 0.05) is 0 Å². The first-order chi connectivity index (χ1) is 4.84. The van der Waals surface area contributed by atoms with E-state index in [-0.39, 0.29) is 0 Å². The lowest BCUT2D eigenvalue weighted by atomic mass is 10.4. The van der Waals surface area contributed by atoms with Gasteiger partial charge >= 0.3 is 6.18 Å². The van der Waals surface area contributed by atoms with E-state index in [1.54, 1.807) is 0 Å². The maximum absolute atomic E-state index is 11.2. The third-order valence-electron chi connectivity index (χ3n) is 1.04. The zero-order valence-corrected chi connectivity index (χ0v) is 6.11. The monoisotopic (exact) mass is 188 g/mol. The zero-order chi connectivity index (χ0) is 9.07. The highest BCUT2D eigenvalue weighted by atomic mass is 32.2. The zero-order valence-electron chi connectivity index (χ0n) is 5.30. The Hall–Kier alpha value is -0.590. The topological polar surface area (TPSA) is 56.4 Å². The maximum atomic E-state index is 11.2. The largest absolute Gasteiger partial charge is 0.686 e. The third-order valence-corrected chi connectivity index (χ3v) is 1.04. The summed E-state index contributed by atoms with van der Waals surface area (Å²) in [6.07, 6.45) is -3.19. The van der Waals surface area contributed by atoms with Crippen LogP contribution in [0.1, 0.15) is 12.8 Å². The summed E-state index contributed by atoms with van der Waals surface area (Å²) >= 11 is 0. The molecule has 0 spiro atoms. The van der Waals surface area contributed by atoms with E-state index in [2.05, 4.69) is 0 Å². The van der Waals surface area contributed by atoms with Gasteiger partial charge in [-0.05, 0) is 12.8 Å². The predicted octanol–water partition coefficient (Wildman–Crippen LogP) is 1.58. The Morgan fingerprint density at radius 1 is 1.27 bits per heavy atom. The van der Waals surface area contributed by atoms with Crippen molar-refractivity contribution in [3.8, 4) is 0 Å². The predicted molar refractivity (Wildman–Crippen MR) is 31.1 cm³/mol. The van der Waals surface area contributed by atoms with Gasteiger partial charge in [-0.15, -0.1) is 0 Å². The van der Waals surface area contributed by atoms with Gasteiger partial charge in [0.25, 0.3) is 0 Å². The molecule has 1 rings (SSSR count). The lowest BCUT2D eigenvalue weighted by Gasteiger charge is -1.99. The fourth-order valence-electron chi connectivity index (χ4n) is 0.411. The quantitative estimate of drug-likeness (QED) is 0.579. The second kappa shape index (κ2) is 3.70. The van der Waals surface area contributed by atoms with E-state index in [4.69, 9.17) is 13.2 Å². The molecule has 1 fully saturated rings. The molecular formula is C4H5F3NO2S-. The molecule has 1 aliphatic rings. The van der Waals surface area contributed by atoms with Crippen molar-refractivity contribution in [1.82, 2.24) is 0 Å². The fraction of sp³-hybridized carbons (Fsp3) is 1.00. The summed E-state index contributed by atoms with van der Waals surface area (Å²) in [6.45, 7) is 0. The van der Waals surface area contributed by atoms with Crippen LogP contribution in [0.25, 0.3) is 4.78 Å². The Morgan fingerprint density at radius 3 is 1.55 bits per heavy atom.